The summed E-state index contributed by atoms with van der Waals surface area (Å²) < 4.78 is 31.3. The zero-order valence-corrected chi connectivity index (χ0v) is 18.4. The molecule has 1 saturated heterocycles. The zero-order valence-electron chi connectivity index (χ0n) is 18.4. The number of hydrogen-bond donors (Lipinski definition) is 1. The van der Waals surface area contributed by atoms with Gasteiger partial charge in [0, 0.05) is 51.4 Å². The third kappa shape index (κ3) is 5.20. The van der Waals surface area contributed by atoms with E-state index in [1.54, 1.807) is 0 Å². The molecular weight excluding hydrogens is 413 g/mol. The topological polar surface area (TPSA) is 63.3 Å². The van der Waals surface area contributed by atoms with Crippen LogP contribution in [0.15, 0.2) is 48.5 Å². The molecular formula is C24H30FN3O4. The SMILES string of the molecule is CCOCC1(N2CCN(CCNC(=O)c3ccc(F)cc3)CC2)COc2ccccc2O1. The molecule has 2 heterocycles. The molecule has 0 aromatic heterocycles. The van der Waals surface area contributed by atoms with Crippen molar-refractivity contribution in [2.24, 2.45) is 0 Å². The van der Waals surface area contributed by atoms with E-state index < -0.39 is 5.72 Å². The monoisotopic (exact) mass is 443 g/mol. The zero-order chi connectivity index (χ0) is 22.4. The van der Waals surface area contributed by atoms with Crippen LogP contribution < -0.4 is 14.8 Å². The van der Waals surface area contributed by atoms with Crippen molar-refractivity contribution in [1.82, 2.24) is 15.1 Å². The molecule has 1 fully saturated rings. The number of piperazine rings is 1. The maximum atomic E-state index is 13.0. The molecule has 4 rings (SSSR count). The van der Waals surface area contributed by atoms with Gasteiger partial charge >= 0.3 is 0 Å². The van der Waals surface area contributed by atoms with Crippen molar-refractivity contribution in [2.75, 3.05) is 59.1 Å². The van der Waals surface area contributed by atoms with Gasteiger partial charge in [-0.25, -0.2) is 4.39 Å². The van der Waals surface area contributed by atoms with Gasteiger partial charge in [0.15, 0.2) is 11.5 Å². The number of nitrogens with one attached hydrogen (secondary N) is 1. The van der Waals surface area contributed by atoms with Gasteiger partial charge in [-0.2, -0.15) is 0 Å². The Labute approximate surface area is 188 Å². The summed E-state index contributed by atoms with van der Waals surface area (Å²) in [6.45, 7) is 8.05. The summed E-state index contributed by atoms with van der Waals surface area (Å²) in [5.41, 5.74) is -0.184. The first kappa shape index (κ1) is 22.5. The highest BCUT2D eigenvalue weighted by molar-refractivity contribution is 5.94. The number of amides is 1. The minimum atomic E-state index is -0.646. The van der Waals surface area contributed by atoms with Gasteiger partial charge in [-0.1, -0.05) is 12.1 Å². The first-order chi connectivity index (χ1) is 15.6. The van der Waals surface area contributed by atoms with Crippen molar-refractivity contribution >= 4 is 5.91 Å². The molecule has 1 atom stereocenters. The van der Waals surface area contributed by atoms with Crippen molar-refractivity contribution in [3.05, 3.63) is 59.9 Å². The van der Waals surface area contributed by atoms with Crippen LogP contribution in [0.3, 0.4) is 0 Å². The van der Waals surface area contributed by atoms with Gasteiger partial charge in [0.05, 0.1) is 0 Å². The van der Waals surface area contributed by atoms with Gasteiger partial charge in [-0.05, 0) is 43.3 Å². The second kappa shape index (κ2) is 10.3. The van der Waals surface area contributed by atoms with Crippen LogP contribution in [-0.2, 0) is 4.74 Å². The van der Waals surface area contributed by atoms with Crippen LogP contribution in [0.2, 0.25) is 0 Å². The number of benzene rings is 2. The fourth-order valence-electron chi connectivity index (χ4n) is 4.07. The lowest BCUT2D eigenvalue weighted by molar-refractivity contribution is -0.173. The first-order valence-electron chi connectivity index (χ1n) is 11.1. The summed E-state index contributed by atoms with van der Waals surface area (Å²) in [5, 5.41) is 2.91. The standard InChI is InChI=1S/C24H30FN3O4/c1-2-30-17-24(18-31-21-5-3-4-6-22(21)32-24)28-15-13-27(14-16-28)12-11-26-23(29)19-7-9-20(25)10-8-19/h3-10H,2,11-18H2,1H3,(H,26,29). The van der Waals surface area contributed by atoms with Crippen LogP contribution in [0.25, 0.3) is 0 Å². The minimum absolute atomic E-state index is 0.189. The Morgan fingerprint density at radius 2 is 1.81 bits per heavy atom. The molecule has 0 saturated carbocycles. The van der Waals surface area contributed by atoms with E-state index in [0.717, 1.165) is 44.2 Å². The molecule has 0 spiro atoms. The Kier molecular flexibility index (Phi) is 7.24. The van der Waals surface area contributed by atoms with Crippen LogP contribution in [0.1, 0.15) is 17.3 Å². The normalized spacial score (nSPS) is 21.3. The Balaban J connectivity index is 1.29. The minimum Gasteiger partial charge on any atom is -0.484 e. The molecule has 0 radical (unpaired) electrons. The molecule has 172 valence electrons. The first-order valence-corrected chi connectivity index (χ1v) is 11.1. The van der Waals surface area contributed by atoms with E-state index in [-0.39, 0.29) is 11.7 Å². The summed E-state index contributed by atoms with van der Waals surface area (Å²) in [6.07, 6.45) is 0. The van der Waals surface area contributed by atoms with E-state index in [9.17, 15) is 9.18 Å². The summed E-state index contributed by atoms with van der Waals surface area (Å²) in [5.74, 6) is 0.961. The van der Waals surface area contributed by atoms with Crippen LogP contribution in [-0.4, -0.2) is 80.5 Å². The Bertz CT molecular complexity index is 902. The van der Waals surface area contributed by atoms with E-state index >= 15 is 0 Å². The number of rotatable bonds is 8. The maximum Gasteiger partial charge on any atom is 0.251 e. The fourth-order valence-corrected chi connectivity index (χ4v) is 4.07. The van der Waals surface area contributed by atoms with Gasteiger partial charge in [-0.3, -0.25) is 14.6 Å². The third-order valence-electron chi connectivity index (χ3n) is 5.90. The van der Waals surface area contributed by atoms with Gasteiger partial charge in [-0.15, -0.1) is 0 Å². The fraction of sp³-hybridized carbons (Fsp3) is 0.458. The van der Waals surface area contributed by atoms with E-state index in [2.05, 4.69) is 15.1 Å². The van der Waals surface area contributed by atoms with Gasteiger partial charge in [0.2, 0.25) is 5.72 Å². The second-order valence-electron chi connectivity index (χ2n) is 8.01. The number of carbonyl (C=O) groups excluding carboxylic acids is 1. The molecule has 7 nitrogen and oxygen atoms in total. The van der Waals surface area contributed by atoms with Crippen molar-refractivity contribution < 1.29 is 23.4 Å². The number of ether oxygens (including phenoxy) is 3. The highest BCUT2D eigenvalue weighted by atomic mass is 19.1. The van der Waals surface area contributed by atoms with E-state index in [1.807, 2.05) is 31.2 Å². The summed E-state index contributed by atoms with van der Waals surface area (Å²) in [7, 11) is 0. The summed E-state index contributed by atoms with van der Waals surface area (Å²) >= 11 is 0. The Hall–Kier alpha value is -2.68. The Morgan fingerprint density at radius 3 is 2.53 bits per heavy atom. The molecule has 2 aromatic carbocycles. The predicted octanol–water partition coefficient (Wildman–Crippen LogP) is 2.38. The molecule has 0 bridgehead atoms. The molecule has 1 amide bonds. The number of carbonyl (C=O) groups is 1. The van der Waals surface area contributed by atoms with Crippen LogP contribution in [0, 0.1) is 5.82 Å². The Morgan fingerprint density at radius 1 is 1.09 bits per heavy atom. The van der Waals surface area contributed by atoms with E-state index in [0.29, 0.717) is 31.9 Å². The van der Waals surface area contributed by atoms with Crippen molar-refractivity contribution in [2.45, 2.75) is 12.6 Å². The van der Waals surface area contributed by atoms with Crippen molar-refractivity contribution in [3.63, 3.8) is 0 Å². The van der Waals surface area contributed by atoms with Crippen molar-refractivity contribution in [3.8, 4) is 11.5 Å². The van der Waals surface area contributed by atoms with Gasteiger partial charge in [0.25, 0.3) is 5.91 Å². The smallest absolute Gasteiger partial charge is 0.251 e. The maximum absolute atomic E-state index is 13.0. The lowest BCUT2D eigenvalue weighted by Gasteiger charge is -2.48. The molecule has 2 aliphatic heterocycles. The average Bonchev–Trinajstić information content (AvgIpc) is 2.83. The molecule has 0 aliphatic carbocycles. The number of halogens is 1. The molecule has 8 heteroatoms. The molecule has 1 N–H and O–H groups in total. The molecule has 2 aliphatic rings. The van der Waals surface area contributed by atoms with Gasteiger partial charge < -0.3 is 19.5 Å². The quantitative estimate of drug-likeness (QED) is 0.676. The van der Waals surface area contributed by atoms with Crippen LogP contribution in [0.5, 0.6) is 11.5 Å². The number of para-hydroxylation sites is 2. The largest absolute Gasteiger partial charge is 0.484 e. The summed E-state index contributed by atoms with van der Waals surface area (Å²) in [6, 6.07) is 13.3. The number of fused-ring (bicyclic) bond motifs is 1. The van der Waals surface area contributed by atoms with E-state index in [4.69, 9.17) is 14.2 Å². The van der Waals surface area contributed by atoms with Gasteiger partial charge in [0.1, 0.15) is 19.0 Å². The lowest BCUT2D eigenvalue weighted by atomic mass is 10.1. The van der Waals surface area contributed by atoms with Crippen molar-refractivity contribution in [1.29, 1.82) is 0 Å². The number of nitrogens with zero attached hydrogens (tertiary/aromatic N) is 2. The van der Waals surface area contributed by atoms with Crippen LogP contribution in [0.4, 0.5) is 4.39 Å². The third-order valence-corrected chi connectivity index (χ3v) is 5.90. The predicted molar refractivity (Wildman–Crippen MR) is 119 cm³/mol. The van der Waals surface area contributed by atoms with E-state index in [1.165, 1.54) is 24.3 Å². The lowest BCUT2D eigenvalue weighted by Crippen LogP contribution is -2.66. The highest BCUT2D eigenvalue weighted by Crippen LogP contribution is 2.37. The van der Waals surface area contributed by atoms with Crippen LogP contribution >= 0.6 is 0 Å². The average molecular weight is 444 g/mol. The highest BCUT2D eigenvalue weighted by Gasteiger charge is 2.45. The molecule has 1 unspecified atom stereocenters. The molecule has 32 heavy (non-hydrogen) atoms. The second-order valence-corrected chi connectivity index (χ2v) is 8.01. The number of hydrogen-bond acceptors (Lipinski definition) is 6. The summed E-state index contributed by atoms with van der Waals surface area (Å²) in [4.78, 5) is 16.8. The molecule has 2 aromatic rings.